The van der Waals surface area contributed by atoms with Crippen LogP contribution in [0.5, 0.6) is 0 Å². The van der Waals surface area contributed by atoms with E-state index in [1.54, 1.807) is 0 Å². The Kier molecular flexibility index (Phi) is 5.98. The molecule has 0 bridgehead atoms. The maximum atomic E-state index is 11.2. The van der Waals surface area contributed by atoms with E-state index in [4.69, 9.17) is 22.6 Å². The average Bonchev–Trinajstić information content (AvgIpc) is 2.11. The number of phosphoric acid groups is 1. The van der Waals surface area contributed by atoms with Crippen LogP contribution in [0.25, 0.3) is 0 Å². The van der Waals surface area contributed by atoms with Gasteiger partial charge in [0, 0.05) is 36.1 Å². The molecule has 0 aliphatic rings. The van der Waals surface area contributed by atoms with Gasteiger partial charge >= 0.3 is 7.82 Å². The first kappa shape index (κ1) is 9.07. The van der Waals surface area contributed by atoms with Crippen molar-refractivity contribution in [3.8, 4) is 0 Å². The summed E-state index contributed by atoms with van der Waals surface area (Å²) in [4.78, 5) is 9.03. The third-order valence-electron chi connectivity index (χ3n) is 0.736. The zero-order valence-electron chi connectivity index (χ0n) is 12.5. The van der Waals surface area contributed by atoms with Gasteiger partial charge < -0.3 is 20.8 Å². The number of hydrogen-bond donors (Lipinski definition) is 4. The topological polar surface area (TPSA) is 122 Å². The summed E-state index contributed by atoms with van der Waals surface area (Å²) in [6.45, 7) is -8.11. The zero-order chi connectivity index (χ0) is 14.8. The van der Waals surface area contributed by atoms with Gasteiger partial charge in [0.1, 0.15) is 6.08 Å². The quantitative estimate of drug-likeness (QED) is 0.303. The molecule has 5 N–H and O–H groups in total. The first-order chi connectivity index (χ1) is 7.77. The molecular weight excluding hydrogens is 224 g/mol. The summed E-state index contributed by atoms with van der Waals surface area (Å²) in [6, 6.07) is 0. The van der Waals surface area contributed by atoms with Crippen LogP contribution in [-0.2, 0) is 13.6 Å². The Morgan fingerprint density at radius 1 is 1.64 bits per heavy atom. The predicted molar refractivity (Wildman–Crippen MR) is 49.6 cm³/mol. The summed E-state index contributed by atoms with van der Waals surface area (Å²) in [7, 11) is -5.01. The molecule has 2 atom stereocenters. The van der Waals surface area contributed by atoms with E-state index in [0.717, 1.165) is 0 Å². The summed E-state index contributed by atoms with van der Waals surface area (Å²) in [5.41, 5.74) is 4.96. The summed E-state index contributed by atoms with van der Waals surface area (Å²) in [5, 5.41) is 18.0. The van der Waals surface area contributed by atoms with Crippen molar-refractivity contribution in [3.63, 3.8) is 0 Å². The van der Waals surface area contributed by atoms with Crippen LogP contribution < -0.4 is 5.73 Å². The number of phosphoric ester groups is 1. The van der Waals surface area contributed by atoms with Crippen molar-refractivity contribution in [2.75, 3.05) is 26.3 Å². The second-order valence-electron chi connectivity index (χ2n) is 1.74. The smallest absolute Gasteiger partial charge is 0.394 e. The summed E-state index contributed by atoms with van der Waals surface area (Å²) in [5.74, 6) is 0. The van der Waals surface area contributed by atoms with Crippen LogP contribution in [0.15, 0.2) is 0 Å². The van der Waals surface area contributed by atoms with E-state index < -0.39 is 33.6 Å². The molecular formula is C5H14NNaO6P. The first-order valence-corrected chi connectivity index (χ1v) is 4.59. The molecule has 0 spiro atoms. The summed E-state index contributed by atoms with van der Waals surface area (Å²) in [6.07, 6.45) is -3.86. The van der Waals surface area contributed by atoms with Gasteiger partial charge in [0.25, 0.3) is 0 Å². The van der Waals surface area contributed by atoms with E-state index in [0.29, 0.717) is 0 Å². The fraction of sp³-hybridized carbons (Fsp3) is 1.00. The Hall–Kier alpha value is 0.990. The Balaban J connectivity index is 0. The van der Waals surface area contributed by atoms with E-state index in [9.17, 15) is 9.67 Å². The van der Waals surface area contributed by atoms with Crippen LogP contribution >= 0.6 is 7.82 Å². The molecule has 0 saturated heterocycles. The van der Waals surface area contributed by atoms with Gasteiger partial charge in [-0.1, -0.05) is 0 Å². The molecule has 7 nitrogen and oxygen atoms in total. The van der Waals surface area contributed by atoms with Gasteiger partial charge in [0.05, 0.1) is 26.6 Å². The Morgan fingerprint density at radius 2 is 2.21 bits per heavy atom. The summed E-state index contributed by atoms with van der Waals surface area (Å²) >= 11 is 0. The summed E-state index contributed by atoms with van der Waals surface area (Å²) < 4.78 is 53.5. The molecule has 0 rings (SSSR count). The Labute approximate surface area is 111 Å². The van der Waals surface area contributed by atoms with Crippen molar-refractivity contribution in [3.05, 3.63) is 0 Å². The molecule has 0 heterocycles. The molecule has 81 valence electrons. The van der Waals surface area contributed by atoms with Crippen LogP contribution in [-0.4, -0.2) is 77.0 Å². The second-order valence-corrected chi connectivity index (χ2v) is 3.12. The van der Waals surface area contributed by atoms with Crippen LogP contribution in [0, 0.1) is 0 Å². The molecule has 0 aliphatic heterocycles. The van der Waals surface area contributed by atoms with E-state index in [1.165, 1.54) is 0 Å². The molecule has 0 aromatic rings. The van der Waals surface area contributed by atoms with E-state index in [1.807, 2.05) is 0 Å². The van der Waals surface area contributed by atoms with Crippen molar-refractivity contribution in [2.45, 2.75) is 6.08 Å². The molecule has 0 saturated carbocycles. The van der Waals surface area contributed by atoms with Crippen molar-refractivity contribution >= 4 is 37.4 Å². The van der Waals surface area contributed by atoms with Gasteiger partial charge in [-0.05, 0) is 0 Å². The minimum absolute atomic E-state index is 0. The number of hydrogen-bond acceptors (Lipinski definition) is 6. The van der Waals surface area contributed by atoms with Crippen molar-refractivity contribution < 1.29 is 35.6 Å². The molecule has 0 aromatic carbocycles. The van der Waals surface area contributed by atoms with Gasteiger partial charge in [-0.15, -0.1) is 0 Å². The largest absolute Gasteiger partial charge is 0.472 e. The van der Waals surface area contributed by atoms with Crippen LogP contribution in [0.2, 0.25) is 0 Å². The molecule has 0 aliphatic carbocycles. The maximum absolute atomic E-state index is 11.2. The number of rotatable bonds is 7. The van der Waals surface area contributed by atoms with Gasteiger partial charge in [-0.25, -0.2) is 4.57 Å². The van der Waals surface area contributed by atoms with Gasteiger partial charge in [-0.2, -0.15) is 0 Å². The minimum atomic E-state index is -5.01. The molecule has 0 aromatic heterocycles. The minimum Gasteiger partial charge on any atom is -0.394 e. The van der Waals surface area contributed by atoms with E-state index in [-0.39, 0.29) is 36.1 Å². The third-order valence-corrected chi connectivity index (χ3v) is 1.57. The average molecular weight is 243 g/mol. The number of aliphatic hydroxyl groups is 2. The van der Waals surface area contributed by atoms with Crippen LogP contribution in [0.1, 0.15) is 6.85 Å². The molecule has 2 unspecified atom stereocenters. The monoisotopic (exact) mass is 243 g/mol. The Morgan fingerprint density at radius 3 is 2.64 bits per heavy atom. The molecule has 9 heteroatoms. The fourth-order valence-electron chi connectivity index (χ4n) is 0.318. The van der Waals surface area contributed by atoms with Gasteiger partial charge in [0.2, 0.25) is 0 Å². The van der Waals surface area contributed by atoms with Crippen molar-refractivity contribution in [2.24, 2.45) is 5.73 Å². The molecule has 0 amide bonds. The van der Waals surface area contributed by atoms with Crippen molar-refractivity contribution in [1.29, 1.82) is 0 Å². The normalized spacial score (nSPS) is 26.4. The molecule has 14 heavy (non-hydrogen) atoms. The van der Waals surface area contributed by atoms with Crippen molar-refractivity contribution in [1.82, 2.24) is 0 Å². The number of nitrogens with two attached hydrogens (primary N) is 1. The van der Waals surface area contributed by atoms with Gasteiger partial charge in [0.15, 0.2) is 0 Å². The fourth-order valence-corrected chi connectivity index (χ4v) is 0.909. The molecule has 0 fully saturated rings. The zero-order valence-corrected chi connectivity index (χ0v) is 10.4. The third kappa shape index (κ3) is 9.54. The van der Waals surface area contributed by atoms with E-state index >= 15 is 0 Å². The van der Waals surface area contributed by atoms with E-state index in [2.05, 4.69) is 9.05 Å². The Bertz CT molecular complexity index is 338. The predicted octanol–water partition coefficient (Wildman–Crippen LogP) is -1.95. The second kappa shape index (κ2) is 9.23. The maximum Gasteiger partial charge on any atom is 0.472 e. The van der Waals surface area contributed by atoms with Crippen LogP contribution in [0.3, 0.4) is 0 Å². The standard InChI is InChI=1S/C5H14NO6P.Na/c6-1-2-11-13(9,10)12-4-5(8)3-7;/h5,7-8H,1-4,6H2,(H,9,10);/i3D2,4D2,5D;. The molecule has 1 radical (unpaired) electrons. The van der Waals surface area contributed by atoms with Gasteiger partial charge in [-0.3, -0.25) is 9.05 Å². The van der Waals surface area contributed by atoms with Crippen LogP contribution in [0.4, 0.5) is 0 Å². The first-order valence-electron chi connectivity index (χ1n) is 5.60. The SMILES string of the molecule is [2H]C([2H])(O)C([2H])(O)C([2H])([2H])OP(=O)(O)OCCN.[Na].